The van der Waals surface area contributed by atoms with Crippen LogP contribution in [0.5, 0.6) is 0 Å². The molecule has 4 nitrogen and oxygen atoms in total. The third-order valence-corrected chi connectivity index (χ3v) is 4.53. The third kappa shape index (κ3) is 2.78. The van der Waals surface area contributed by atoms with E-state index in [-0.39, 0.29) is 0 Å². The molecule has 2 N–H and O–H groups in total. The maximum absolute atomic E-state index is 6.03. The Morgan fingerprint density at radius 1 is 0.870 bits per heavy atom. The molecular formula is C18H14N4S. The number of nitrogen functional groups attached to an aromatic ring is 1. The first-order chi connectivity index (χ1) is 11.3. The third-order valence-electron chi connectivity index (χ3n) is 3.52. The number of hydrogen-bond donors (Lipinski definition) is 1. The molecule has 0 saturated carbocycles. The molecule has 112 valence electrons. The molecule has 0 amide bonds. The van der Waals surface area contributed by atoms with Gasteiger partial charge in [0.15, 0.2) is 5.65 Å². The molecule has 0 spiro atoms. The summed E-state index contributed by atoms with van der Waals surface area (Å²) in [4.78, 5) is 7.01. The molecule has 23 heavy (non-hydrogen) atoms. The van der Waals surface area contributed by atoms with Gasteiger partial charge in [-0.2, -0.15) is 9.61 Å². The van der Waals surface area contributed by atoms with Crippen LogP contribution < -0.4 is 5.73 Å². The smallest absolute Gasteiger partial charge is 0.157 e. The van der Waals surface area contributed by atoms with Gasteiger partial charge in [-0.3, -0.25) is 0 Å². The molecule has 2 aromatic carbocycles. The lowest BCUT2D eigenvalue weighted by molar-refractivity contribution is 0.954. The fourth-order valence-corrected chi connectivity index (χ4v) is 3.24. The van der Waals surface area contributed by atoms with E-state index in [4.69, 9.17) is 5.73 Å². The topological polar surface area (TPSA) is 56.2 Å². The highest BCUT2D eigenvalue weighted by molar-refractivity contribution is 7.99. The first kappa shape index (κ1) is 13.8. The monoisotopic (exact) mass is 318 g/mol. The molecule has 0 atom stereocenters. The summed E-state index contributed by atoms with van der Waals surface area (Å²) in [5.74, 6) is 0.581. The molecule has 0 radical (unpaired) electrons. The van der Waals surface area contributed by atoms with Crippen LogP contribution in [-0.2, 0) is 0 Å². The maximum atomic E-state index is 6.03. The molecule has 2 aromatic heterocycles. The van der Waals surface area contributed by atoms with Crippen molar-refractivity contribution in [3.8, 4) is 11.3 Å². The summed E-state index contributed by atoms with van der Waals surface area (Å²) in [6, 6.07) is 22.4. The summed E-state index contributed by atoms with van der Waals surface area (Å²) >= 11 is 1.74. The number of rotatable bonds is 3. The maximum Gasteiger partial charge on any atom is 0.157 e. The van der Waals surface area contributed by atoms with Gasteiger partial charge in [0.2, 0.25) is 0 Å². The lowest BCUT2D eigenvalue weighted by Crippen LogP contribution is -2.00. The summed E-state index contributed by atoms with van der Waals surface area (Å²) in [5, 5.41) is 4.14. The van der Waals surface area contributed by atoms with E-state index in [0.29, 0.717) is 5.82 Å². The number of hydrogen-bond acceptors (Lipinski definition) is 4. The number of anilines is 1. The van der Waals surface area contributed by atoms with Gasteiger partial charge in [0.1, 0.15) is 5.82 Å². The second-order valence-electron chi connectivity index (χ2n) is 5.11. The van der Waals surface area contributed by atoms with E-state index < -0.39 is 0 Å². The second-order valence-corrected chi connectivity index (χ2v) is 6.25. The Morgan fingerprint density at radius 3 is 2.39 bits per heavy atom. The SMILES string of the molecule is Nc1cc(-c2ccc(Sc3ccccc3)cc2)nc2ccnn12. The van der Waals surface area contributed by atoms with Crippen LogP contribution >= 0.6 is 11.8 Å². The Kier molecular flexibility index (Phi) is 3.48. The molecule has 0 bridgehead atoms. The van der Waals surface area contributed by atoms with Gasteiger partial charge in [0.05, 0.1) is 11.9 Å². The minimum atomic E-state index is 0.581. The van der Waals surface area contributed by atoms with E-state index in [1.165, 1.54) is 9.79 Å². The van der Waals surface area contributed by atoms with Crippen molar-refractivity contribution in [1.82, 2.24) is 14.6 Å². The van der Waals surface area contributed by atoms with Crippen molar-refractivity contribution in [2.75, 3.05) is 5.73 Å². The van der Waals surface area contributed by atoms with Crippen molar-refractivity contribution in [3.63, 3.8) is 0 Å². The summed E-state index contributed by atoms with van der Waals surface area (Å²) in [7, 11) is 0. The Labute approximate surface area is 138 Å². The van der Waals surface area contributed by atoms with Gasteiger partial charge in [0.25, 0.3) is 0 Å². The summed E-state index contributed by atoms with van der Waals surface area (Å²) in [6.07, 6.45) is 1.70. The van der Waals surface area contributed by atoms with Crippen molar-refractivity contribution in [2.24, 2.45) is 0 Å². The summed E-state index contributed by atoms with van der Waals surface area (Å²) in [6.45, 7) is 0. The van der Waals surface area contributed by atoms with Gasteiger partial charge < -0.3 is 5.73 Å². The predicted molar refractivity (Wildman–Crippen MR) is 93.4 cm³/mol. The zero-order valence-corrected chi connectivity index (χ0v) is 13.1. The highest BCUT2D eigenvalue weighted by Crippen LogP contribution is 2.29. The van der Waals surface area contributed by atoms with Crippen LogP contribution in [0.25, 0.3) is 16.9 Å². The van der Waals surface area contributed by atoms with Crippen molar-refractivity contribution >= 4 is 23.2 Å². The van der Waals surface area contributed by atoms with Gasteiger partial charge in [-0.15, -0.1) is 0 Å². The van der Waals surface area contributed by atoms with E-state index >= 15 is 0 Å². The number of nitrogens with zero attached hydrogens (tertiary/aromatic N) is 3. The fourth-order valence-electron chi connectivity index (χ4n) is 2.40. The predicted octanol–water partition coefficient (Wildman–Crippen LogP) is 4.13. The minimum absolute atomic E-state index is 0.581. The van der Waals surface area contributed by atoms with Gasteiger partial charge >= 0.3 is 0 Å². The molecule has 5 heteroatoms. The van der Waals surface area contributed by atoms with Crippen LogP contribution in [-0.4, -0.2) is 14.6 Å². The van der Waals surface area contributed by atoms with Crippen LogP contribution in [0.2, 0.25) is 0 Å². The number of fused-ring (bicyclic) bond motifs is 1. The van der Waals surface area contributed by atoms with Gasteiger partial charge in [-0.05, 0) is 24.3 Å². The van der Waals surface area contributed by atoms with Crippen LogP contribution in [0.15, 0.2) is 82.7 Å². The van der Waals surface area contributed by atoms with Crippen molar-refractivity contribution in [3.05, 3.63) is 72.9 Å². The van der Waals surface area contributed by atoms with E-state index in [1.807, 2.05) is 30.3 Å². The highest BCUT2D eigenvalue weighted by Gasteiger charge is 2.06. The van der Waals surface area contributed by atoms with Crippen molar-refractivity contribution < 1.29 is 0 Å². The lowest BCUT2D eigenvalue weighted by atomic mass is 10.1. The Balaban J connectivity index is 1.64. The number of nitrogens with two attached hydrogens (primary N) is 1. The molecule has 0 unspecified atom stereocenters. The lowest BCUT2D eigenvalue weighted by Gasteiger charge is -2.06. The van der Waals surface area contributed by atoms with E-state index in [9.17, 15) is 0 Å². The van der Waals surface area contributed by atoms with Gasteiger partial charge in [-0.1, -0.05) is 42.1 Å². The molecule has 2 heterocycles. The fraction of sp³-hybridized carbons (Fsp3) is 0. The Bertz CT molecular complexity index is 946. The number of benzene rings is 2. The van der Waals surface area contributed by atoms with Crippen LogP contribution in [0.1, 0.15) is 0 Å². The molecule has 4 rings (SSSR count). The van der Waals surface area contributed by atoms with Crippen LogP contribution in [0.3, 0.4) is 0 Å². The Morgan fingerprint density at radius 2 is 1.61 bits per heavy atom. The highest BCUT2D eigenvalue weighted by atomic mass is 32.2. The average molecular weight is 318 g/mol. The number of aromatic nitrogens is 3. The standard InChI is InChI=1S/C18H14N4S/c19-17-12-16(21-18-10-11-20-22(17)18)13-6-8-15(9-7-13)23-14-4-2-1-3-5-14/h1-12H,19H2. The molecule has 0 aliphatic carbocycles. The molecule has 0 aliphatic rings. The van der Waals surface area contributed by atoms with Crippen LogP contribution in [0, 0.1) is 0 Å². The van der Waals surface area contributed by atoms with E-state index in [1.54, 1.807) is 22.5 Å². The van der Waals surface area contributed by atoms with Gasteiger partial charge in [0, 0.05) is 27.5 Å². The second kappa shape index (κ2) is 5.78. The first-order valence-corrected chi connectivity index (χ1v) is 8.05. The summed E-state index contributed by atoms with van der Waals surface area (Å²) in [5.41, 5.74) is 8.67. The van der Waals surface area contributed by atoms with Crippen molar-refractivity contribution in [1.29, 1.82) is 0 Å². The largest absolute Gasteiger partial charge is 0.384 e. The molecule has 0 fully saturated rings. The molecular weight excluding hydrogens is 304 g/mol. The quantitative estimate of drug-likeness (QED) is 0.617. The molecule has 0 saturated heterocycles. The molecule has 4 aromatic rings. The zero-order chi connectivity index (χ0) is 15.6. The molecule has 0 aliphatic heterocycles. The Hall–Kier alpha value is -2.79. The van der Waals surface area contributed by atoms with E-state index in [2.05, 4.69) is 46.5 Å². The van der Waals surface area contributed by atoms with Crippen LogP contribution in [0.4, 0.5) is 5.82 Å². The van der Waals surface area contributed by atoms with Crippen molar-refractivity contribution in [2.45, 2.75) is 9.79 Å². The van der Waals surface area contributed by atoms with E-state index in [0.717, 1.165) is 16.9 Å². The zero-order valence-electron chi connectivity index (χ0n) is 12.3. The normalized spacial score (nSPS) is 11.0. The first-order valence-electron chi connectivity index (χ1n) is 7.23. The van der Waals surface area contributed by atoms with Gasteiger partial charge in [-0.25, -0.2) is 4.98 Å². The summed E-state index contributed by atoms with van der Waals surface area (Å²) < 4.78 is 1.63. The average Bonchev–Trinajstić information content (AvgIpc) is 3.06. The minimum Gasteiger partial charge on any atom is -0.384 e.